The number of benzene rings is 1. The molecule has 1 aromatic carbocycles. The van der Waals surface area contributed by atoms with Gasteiger partial charge in [-0.3, -0.25) is 9.80 Å². The molecule has 2 N–H and O–H groups in total. The van der Waals surface area contributed by atoms with Crippen LogP contribution in [0.5, 0.6) is 0 Å². The molecule has 1 atom stereocenters. The fourth-order valence-electron chi connectivity index (χ4n) is 4.28. The highest BCUT2D eigenvalue weighted by Crippen LogP contribution is 2.15. The van der Waals surface area contributed by atoms with Crippen molar-refractivity contribution < 1.29 is 0 Å². The minimum atomic E-state index is 0.637. The van der Waals surface area contributed by atoms with Crippen LogP contribution in [0.4, 0.5) is 0 Å². The van der Waals surface area contributed by atoms with E-state index in [1.165, 1.54) is 43.6 Å². The number of guanidine groups is 1. The molecule has 1 unspecified atom stereocenters. The van der Waals surface area contributed by atoms with E-state index >= 15 is 0 Å². The van der Waals surface area contributed by atoms with Gasteiger partial charge in [0.05, 0.1) is 6.54 Å². The maximum Gasteiger partial charge on any atom is 0.191 e. The normalized spacial score (nSPS) is 22.2. The molecule has 2 heterocycles. The fraction of sp³-hybridized carbons (Fsp3) is 0.696. The van der Waals surface area contributed by atoms with Crippen molar-refractivity contribution in [2.75, 3.05) is 59.4 Å². The number of hydrogen-bond donors (Lipinski definition) is 2. The van der Waals surface area contributed by atoms with Crippen molar-refractivity contribution in [2.45, 2.75) is 45.8 Å². The Morgan fingerprint density at radius 2 is 1.72 bits per heavy atom. The van der Waals surface area contributed by atoms with E-state index in [1.54, 1.807) is 0 Å². The Bertz CT molecular complexity index is 621. The van der Waals surface area contributed by atoms with Crippen molar-refractivity contribution in [2.24, 2.45) is 4.99 Å². The third kappa shape index (κ3) is 6.98. The van der Waals surface area contributed by atoms with E-state index in [-0.39, 0.29) is 0 Å². The van der Waals surface area contributed by atoms with Crippen molar-refractivity contribution in [3.8, 4) is 0 Å². The van der Waals surface area contributed by atoms with Crippen molar-refractivity contribution in [1.29, 1.82) is 0 Å². The summed E-state index contributed by atoms with van der Waals surface area (Å²) in [5, 5.41) is 6.94. The van der Waals surface area contributed by atoms with Crippen LogP contribution >= 0.6 is 0 Å². The molecule has 162 valence electrons. The number of nitrogens with one attached hydrogen (secondary N) is 2. The molecule has 29 heavy (non-hydrogen) atoms. The van der Waals surface area contributed by atoms with E-state index < -0.39 is 0 Å². The number of nitrogens with zero attached hydrogens (tertiary/aromatic N) is 4. The minimum absolute atomic E-state index is 0.637. The van der Waals surface area contributed by atoms with Gasteiger partial charge in [-0.15, -0.1) is 0 Å². The average molecular weight is 401 g/mol. The molecule has 0 aromatic heterocycles. The molecule has 2 fully saturated rings. The summed E-state index contributed by atoms with van der Waals surface area (Å²) in [6.07, 6.45) is 2.60. The molecule has 0 spiro atoms. The first kappa shape index (κ1) is 22.1. The monoisotopic (exact) mass is 400 g/mol. The number of piperazine rings is 1. The molecule has 2 aliphatic rings. The van der Waals surface area contributed by atoms with E-state index in [0.29, 0.717) is 12.6 Å². The van der Waals surface area contributed by atoms with Gasteiger partial charge in [0.25, 0.3) is 0 Å². The van der Waals surface area contributed by atoms with E-state index in [4.69, 9.17) is 4.99 Å². The van der Waals surface area contributed by atoms with Gasteiger partial charge in [0.1, 0.15) is 0 Å². The lowest BCUT2D eigenvalue weighted by Gasteiger charge is -2.32. The summed E-state index contributed by atoms with van der Waals surface area (Å²) >= 11 is 0. The molecule has 1 aromatic rings. The highest BCUT2D eigenvalue weighted by Gasteiger charge is 2.22. The molecule has 0 radical (unpaired) electrons. The summed E-state index contributed by atoms with van der Waals surface area (Å²) < 4.78 is 0. The molecular weight excluding hydrogens is 360 g/mol. The Hall–Kier alpha value is -1.63. The standard InChI is InChI=1S/C23H40N6/c1-4-24-23(26-18-22-7-6-12-29(22)5-2)25-17-20-8-10-21(11-9-20)19-28-15-13-27(3)14-16-28/h8-11,22H,4-7,12-19H2,1-3H3,(H2,24,25,26). The van der Waals surface area contributed by atoms with Gasteiger partial charge in [0.15, 0.2) is 5.96 Å². The zero-order chi connectivity index (χ0) is 20.5. The number of rotatable bonds is 8. The van der Waals surface area contributed by atoms with Gasteiger partial charge in [0.2, 0.25) is 0 Å². The Labute approximate surface area is 177 Å². The number of likely N-dealkylation sites (N-methyl/N-ethyl adjacent to an activating group) is 2. The van der Waals surface area contributed by atoms with Crippen molar-refractivity contribution in [3.05, 3.63) is 35.4 Å². The van der Waals surface area contributed by atoms with Crippen LogP contribution in [0.3, 0.4) is 0 Å². The largest absolute Gasteiger partial charge is 0.357 e. The fourth-order valence-corrected chi connectivity index (χ4v) is 4.28. The second-order valence-electron chi connectivity index (χ2n) is 8.40. The Kier molecular flexibility index (Phi) is 8.77. The summed E-state index contributed by atoms with van der Waals surface area (Å²) in [6, 6.07) is 9.63. The maximum atomic E-state index is 4.81. The molecule has 6 nitrogen and oxygen atoms in total. The van der Waals surface area contributed by atoms with Gasteiger partial charge in [-0.1, -0.05) is 31.2 Å². The predicted octanol–water partition coefficient (Wildman–Crippen LogP) is 1.97. The molecule has 3 rings (SSSR count). The summed E-state index contributed by atoms with van der Waals surface area (Å²) in [4.78, 5) is 12.3. The van der Waals surface area contributed by atoms with Gasteiger partial charge >= 0.3 is 0 Å². The zero-order valence-corrected chi connectivity index (χ0v) is 18.7. The first-order valence-electron chi connectivity index (χ1n) is 11.4. The third-order valence-electron chi connectivity index (χ3n) is 6.20. The molecule has 2 saturated heterocycles. The summed E-state index contributed by atoms with van der Waals surface area (Å²) in [7, 11) is 2.21. The highest BCUT2D eigenvalue weighted by molar-refractivity contribution is 5.79. The van der Waals surface area contributed by atoms with Crippen LogP contribution in [0.25, 0.3) is 0 Å². The first-order chi connectivity index (χ1) is 14.2. The SMILES string of the molecule is CCNC(=NCc1ccc(CN2CCN(C)CC2)cc1)NCC1CCCN1CC. The van der Waals surface area contributed by atoms with Gasteiger partial charge < -0.3 is 15.5 Å². The number of aliphatic imine (C=N–C) groups is 1. The quantitative estimate of drug-likeness (QED) is 0.516. The lowest BCUT2D eigenvalue weighted by molar-refractivity contribution is 0.148. The predicted molar refractivity (Wildman–Crippen MR) is 122 cm³/mol. The van der Waals surface area contributed by atoms with Gasteiger partial charge in [-0.05, 0) is 51.0 Å². The van der Waals surface area contributed by atoms with Crippen LogP contribution in [0.1, 0.15) is 37.8 Å². The molecular formula is C23H40N6. The lowest BCUT2D eigenvalue weighted by atomic mass is 10.1. The van der Waals surface area contributed by atoms with Crippen LogP contribution in [0, 0.1) is 0 Å². The van der Waals surface area contributed by atoms with E-state index in [0.717, 1.165) is 45.2 Å². The molecule has 2 aliphatic heterocycles. The third-order valence-corrected chi connectivity index (χ3v) is 6.20. The van der Waals surface area contributed by atoms with Crippen molar-refractivity contribution >= 4 is 5.96 Å². The number of hydrogen-bond acceptors (Lipinski definition) is 4. The average Bonchev–Trinajstić information content (AvgIpc) is 3.20. The van der Waals surface area contributed by atoms with Gasteiger partial charge in [0, 0.05) is 51.9 Å². The topological polar surface area (TPSA) is 46.1 Å². The number of likely N-dealkylation sites (tertiary alicyclic amines) is 1. The molecule has 0 bridgehead atoms. The second kappa shape index (κ2) is 11.5. The molecule has 6 heteroatoms. The highest BCUT2D eigenvalue weighted by atomic mass is 15.2. The summed E-state index contributed by atoms with van der Waals surface area (Å²) in [6.45, 7) is 15.0. The Morgan fingerprint density at radius 1 is 1.00 bits per heavy atom. The van der Waals surface area contributed by atoms with Crippen LogP contribution in [-0.2, 0) is 13.1 Å². The first-order valence-corrected chi connectivity index (χ1v) is 11.4. The van der Waals surface area contributed by atoms with E-state index in [2.05, 4.69) is 70.5 Å². The van der Waals surface area contributed by atoms with Crippen LogP contribution < -0.4 is 10.6 Å². The smallest absolute Gasteiger partial charge is 0.191 e. The van der Waals surface area contributed by atoms with E-state index in [9.17, 15) is 0 Å². The van der Waals surface area contributed by atoms with Crippen molar-refractivity contribution in [1.82, 2.24) is 25.3 Å². The van der Waals surface area contributed by atoms with Crippen molar-refractivity contribution in [3.63, 3.8) is 0 Å². The van der Waals surface area contributed by atoms with E-state index in [1.807, 2.05) is 0 Å². The van der Waals surface area contributed by atoms with Crippen LogP contribution in [0.15, 0.2) is 29.3 Å². The Balaban J connectivity index is 1.48. The molecule has 0 saturated carbocycles. The van der Waals surface area contributed by atoms with Gasteiger partial charge in [-0.2, -0.15) is 0 Å². The lowest BCUT2D eigenvalue weighted by Crippen LogP contribution is -2.44. The second-order valence-corrected chi connectivity index (χ2v) is 8.40. The van der Waals surface area contributed by atoms with Crippen LogP contribution in [-0.4, -0.2) is 86.1 Å². The Morgan fingerprint density at radius 3 is 2.41 bits per heavy atom. The maximum absolute atomic E-state index is 4.81. The zero-order valence-electron chi connectivity index (χ0n) is 18.7. The summed E-state index contributed by atoms with van der Waals surface area (Å²) in [5.41, 5.74) is 2.66. The molecule has 0 aliphatic carbocycles. The van der Waals surface area contributed by atoms with Gasteiger partial charge in [-0.25, -0.2) is 4.99 Å². The summed E-state index contributed by atoms with van der Waals surface area (Å²) in [5.74, 6) is 0.928. The van der Waals surface area contributed by atoms with Crippen LogP contribution in [0.2, 0.25) is 0 Å². The molecule has 0 amide bonds. The minimum Gasteiger partial charge on any atom is -0.357 e.